The zero-order chi connectivity index (χ0) is 11.9. The van der Waals surface area contributed by atoms with Crippen molar-refractivity contribution in [2.75, 3.05) is 5.43 Å². The van der Waals surface area contributed by atoms with Gasteiger partial charge in [-0.2, -0.15) is 0 Å². The third-order valence-corrected chi connectivity index (χ3v) is 1.99. The zero-order valence-electron chi connectivity index (χ0n) is 9.17. The number of para-hydroxylation sites is 1. The van der Waals surface area contributed by atoms with Crippen LogP contribution in [-0.2, 0) is 0 Å². The molecule has 17 heavy (non-hydrogen) atoms. The summed E-state index contributed by atoms with van der Waals surface area (Å²) in [4.78, 5) is 8.24. The van der Waals surface area contributed by atoms with E-state index in [1.54, 1.807) is 6.20 Å². The van der Waals surface area contributed by atoms with Crippen LogP contribution in [0.15, 0.2) is 59.7 Å². The first-order valence-electron chi connectivity index (χ1n) is 5.17. The quantitative estimate of drug-likeness (QED) is 0.423. The fraction of sp³-hybridized carbons (Fsp3) is 0. The first kappa shape index (κ1) is 10.9. The molecular formula is C12H13N5. The van der Waals surface area contributed by atoms with E-state index >= 15 is 0 Å². The molecule has 5 heteroatoms. The number of benzene rings is 1. The normalized spacial score (nSPS) is 10.9. The number of hydrogen-bond acceptors (Lipinski definition) is 3. The van der Waals surface area contributed by atoms with Gasteiger partial charge in [0.15, 0.2) is 0 Å². The van der Waals surface area contributed by atoms with E-state index in [1.165, 1.54) is 0 Å². The molecule has 0 aliphatic rings. The molecule has 0 fully saturated rings. The Morgan fingerprint density at radius 1 is 1.06 bits per heavy atom. The Kier molecular flexibility index (Phi) is 3.54. The summed E-state index contributed by atoms with van der Waals surface area (Å²) < 4.78 is 0. The summed E-state index contributed by atoms with van der Waals surface area (Å²) in [5.74, 6) is 0.959. The summed E-state index contributed by atoms with van der Waals surface area (Å²) in [5.41, 5.74) is 12.1. The summed E-state index contributed by atoms with van der Waals surface area (Å²) in [7, 11) is 0. The molecule has 5 nitrogen and oxygen atoms in total. The highest BCUT2D eigenvalue weighted by molar-refractivity contribution is 5.81. The summed E-state index contributed by atoms with van der Waals surface area (Å²) in [6, 6.07) is 15.0. The van der Waals surface area contributed by atoms with Crippen molar-refractivity contribution in [3.63, 3.8) is 0 Å². The molecule has 0 bridgehead atoms. The van der Waals surface area contributed by atoms with Crippen LogP contribution in [0.5, 0.6) is 0 Å². The molecule has 0 amide bonds. The first-order valence-corrected chi connectivity index (χ1v) is 5.17. The molecule has 0 aliphatic carbocycles. The Bertz CT molecular complexity index is 481. The van der Waals surface area contributed by atoms with E-state index in [1.807, 2.05) is 48.5 Å². The minimum Gasteiger partial charge on any atom is -0.368 e. The lowest BCUT2D eigenvalue weighted by Crippen LogP contribution is -2.36. The highest BCUT2D eigenvalue weighted by Crippen LogP contribution is 2.08. The van der Waals surface area contributed by atoms with Crippen LogP contribution < -0.4 is 16.6 Å². The lowest BCUT2D eigenvalue weighted by molar-refractivity contribution is 1.06. The largest absolute Gasteiger partial charge is 0.368 e. The van der Waals surface area contributed by atoms with Crippen molar-refractivity contribution in [1.82, 2.24) is 10.4 Å². The number of hydrogen-bond donors (Lipinski definition) is 3. The number of aliphatic imine (C=N–C) groups is 1. The minimum absolute atomic E-state index is 0.279. The first-order chi connectivity index (χ1) is 8.34. The van der Waals surface area contributed by atoms with E-state index in [9.17, 15) is 0 Å². The molecule has 4 N–H and O–H groups in total. The minimum atomic E-state index is 0.279. The predicted molar refractivity (Wildman–Crippen MR) is 68.7 cm³/mol. The molecule has 1 aromatic heterocycles. The molecule has 0 aliphatic heterocycles. The summed E-state index contributed by atoms with van der Waals surface area (Å²) in [6.45, 7) is 0. The second kappa shape index (κ2) is 5.50. The maximum atomic E-state index is 5.70. The van der Waals surface area contributed by atoms with E-state index in [0.717, 1.165) is 5.69 Å². The summed E-state index contributed by atoms with van der Waals surface area (Å²) >= 11 is 0. The van der Waals surface area contributed by atoms with E-state index in [4.69, 9.17) is 5.73 Å². The van der Waals surface area contributed by atoms with Crippen LogP contribution in [0.3, 0.4) is 0 Å². The van der Waals surface area contributed by atoms with E-state index < -0.39 is 0 Å². The lowest BCUT2D eigenvalue weighted by atomic mass is 10.3. The van der Waals surface area contributed by atoms with E-state index in [-0.39, 0.29) is 5.96 Å². The molecule has 2 aromatic rings. The Morgan fingerprint density at radius 3 is 2.53 bits per heavy atom. The van der Waals surface area contributed by atoms with Crippen molar-refractivity contribution in [2.24, 2.45) is 10.7 Å². The van der Waals surface area contributed by atoms with Crippen molar-refractivity contribution in [1.29, 1.82) is 0 Å². The van der Waals surface area contributed by atoms with Gasteiger partial charge in [0.05, 0.1) is 5.69 Å². The van der Waals surface area contributed by atoms with Crippen LogP contribution in [0.1, 0.15) is 0 Å². The van der Waals surface area contributed by atoms with Gasteiger partial charge in [0.1, 0.15) is 5.82 Å². The Balaban J connectivity index is 1.94. The maximum Gasteiger partial charge on any atom is 0.212 e. The number of nitrogens with zero attached hydrogens (tertiary/aromatic N) is 2. The average Bonchev–Trinajstić information content (AvgIpc) is 2.39. The SMILES string of the molecule is NC(=Nc1ccccc1)NNc1ccccn1. The van der Waals surface area contributed by atoms with Crippen molar-refractivity contribution in [3.05, 3.63) is 54.7 Å². The van der Waals surface area contributed by atoms with Gasteiger partial charge in [-0.3, -0.25) is 10.9 Å². The van der Waals surface area contributed by atoms with Crippen LogP contribution in [-0.4, -0.2) is 10.9 Å². The fourth-order valence-electron chi connectivity index (χ4n) is 1.23. The fourth-order valence-corrected chi connectivity index (χ4v) is 1.23. The van der Waals surface area contributed by atoms with Gasteiger partial charge in [0, 0.05) is 6.20 Å². The zero-order valence-corrected chi connectivity index (χ0v) is 9.17. The van der Waals surface area contributed by atoms with Gasteiger partial charge < -0.3 is 5.73 Å². The van der Waals surface area contributed by atoms with Crippen molar-refractivity contribution in [3.8, 4) is 0 Å². The number of rotatable bonds is 3. The Hall–Kier alpha value is -2.56. The molecule has 0 atom stereocenters. The van der Waals surface area contributed by atoms with Crippen LogP contribution in [0, 0.1) is 0 Å². The van der Waals surface area contributed by atoms with Crippen molar-refractivity contribution < 1.29 is 0 Å². The second-order valence-electron chi connectivity index (χ2n) is 3.30. The molecule has 86 valence electrons. The second-order valence-corrected chi connectivity index (χ2v) is 3.30. The molecule has 0 unspecified atom stereocenters. The van der Waals surface area contributed by atoms with Crippen molar-refractivity contribution >= 4 is 17.5 Å². The average molecular weight is 227 g/mol. The predicted octanol–water partition coefficient (Wildman–Crippen LogP) is 1.64. The number of hydrazine groups is 1. The van der Waals surface area contributed by atoms with E-state index in [0.29, 0.717) is 5.82 Å². The molecule has 0 saturated heterocycles. The molecule has 1 heterocycles. The van der Waals surface area contributed by atoms with Gasteiger partial charge >= 0.3 is 0 Å². The van der Waals surface area contributed by atoms with Crippen molar-refractivity contribution in [2.45, 2.75) is 0 Å². The topological polar surface area (TPSA) is 75.3 Å². The number of guanidine groups is 1. The number of anilines is 1. The van der Waals surface area contributed by atoms with Gasteiger partial charge in [0.2, 0.25) is 5.96 Å². The molecule has 0 saturated carbocycles. The summed E-state index contributed by atoms with van der Waals surface area (Å²) in [6.07, 6.45) is 1.69. The van der Waals surface area contributed by atoms with Gasteiger partial charge in [-0.25, -0.2) is 9.98 Å². The number of aromatic nitrogens is 1. The monoisotopic (exact) mass is 227 g/mol. The molecular weight excluding hydrogens is 214 g/mol. The molecule has 0 spiro atoms. The van der Waals surface area contributed by atoms with E-state index in [2.05, 4.69) is 20.8 Å². The Labute approximate surface area is 99.4 Å². The Morgan fingerprint density at radius 2 is 1.82 bits per heavy atom. The van der Waals surface area contributed by atoms with Gasteiger partial charge in [0.25, 0.3) is 0 Å². The highest BCUT2D eigenvalue weighted by atomic mass is 15.4. The molecule has 0 radical (unpaired) electrons. The number of pyridine rings is 1. The molecule has 1 aromatic carbocycles. The van der Waals surface area contributed by atoms with Crippen LogP contribution >= 0.6 is 0 Å². The third-order valence-electron chi connectivity index (χ3n) is 1.99. The third kappa shape index (κ3) is 3.49. The van der Waals surface area contributed by atoms with Crippen LogP contribution in [0.25, 0.3) is 0 Å². The summed E-state index contributed by atoms with van der Waals surface area (Å²) in [5, 5.41) is 0. The van der Waals surface area contributed by atoms with Crippen LogP contribution in [0.2, 0.25) is 0 Å². The molecule has 2 rings (SSSR count). The number of nitrogens with one attached hydrogen (secondary N) is 2. The lowest BCUT2D eigenvalue weighted by Gasteiger charge is -2.07. The van der Waals surface area contributed by atoms with Gasteiger partial charge in [-0.05, 0) is 24.3 Å². The van der Waals surface area contributed by atoms with Crippen LogP contribution in [0.4, 0.5) is 11.5 Å². The number of nitrogens with two attached hydrogens (primary N) is 1. The smallest absolute Gasteiger partial charge is 0.212 e. The van der Waals surface area contributed by atoms with Gasteiger partial charge in [-0.15, -0.1) is 0 Å². The standard InChI is InChI=1S/C12H13N5/c13-12(15-10-6-2-1-3-7-10)17-16-11-8-4-5-9-14-11/h1-9H,(H,14,16)(H3,13,15,17). The maximum absolute atomic E-state index is 5.70. The highest BCUT2D eigenvalue weighted by Gasteiger charge is 1.93. The van der Waals surface area contributed by atoms with Gasteiger partial charge in [-0.1, -0.05) is 24.3 Å².